The molecule has 0 fully saturated rings. The van der Waals surface area contributed by atoms with Crippen LogP contribution in [0.1, 0.15) is 32.9 Å². The summed E-state index contributed by atoms with van der Waals surface area (Å²) in [4.78, 5) is 15.5. The number of aryl methyl sites for hydroxylation is 3. The van der Waals surface area contributed by atoms with Crippen LogP contribution in [0.3, 0.4) is 0 Å². The van der Waals surface area contributed by atoms with Gasteiger partial charge >= 0.3 is 12.1 Å². The molecule has 2 heterocycles. The Balaban J connectivity index is 2.26. The van der Waals surface area contributed by atoms with E-state index in [1.165, 1.54) is 0 Å². The summed E-state index contributed by atoms with van der Waals surface area (Å²) in [5.41, 5.74) is 2.05. The minimum Gasteiger partial charge on any atom is -0.476 e. The second kappa shape index (κ2) is 5.85. The Hall–Kier alpha value is -3.29. The van der Waals surface area contributed by atoms with Gasteiger partial charge in [-0.2, -0.15) is 13.2 Å². The highest BCUT2D eigenvalue weighted by molar-refractivity contribution is 5.94. The van der Waals surface area contributed by atoms with Gasteiger partial charge in [0, 0.05) is 0 Å². The number of carboxylic acid groups (broad SMARTS) is 1. The van der Waals surface area contributed by atoms with Crippen molar-refractivity contribution in [3.63, 3.8) is 0 Å². The molecule has 144 valence electrons. The van der Waals surface area contributed by atoms with Gasteiger partial charge in [0.25, 0.3) is 0 Å². The number of para-hydroxylation sites is 2. The number of aromatic carboxylic acids is 1. The summed E-state index contributed by atoms with van der Waals surface area (Å²) >= 11 is 0. The molecular weight excluding hydrogens is 371 g/mol. The molecule has 4 aromatic rings. The molecule has 0 saturated carbocycles. The number of carboxylic acids is 1. The maximum absolute atomic E-state index is 13.5. The Morgan fingerprint density at radius 1 is 1.04 bits per heavy atom. The third-order valence-corrected chi connectivity index (χ3v) is 4.75. The number of halogens is 3. The largest absolute Gasteiger partial charge is 0.476 e. The predicted octanol–water partition coefficient (Wildman–Crippen LogP) is 4.92. The lowest BCUT2D eigenvalue weighted by atomic mass is 10.0. The van der Waals surface area contributed by atoms with Crippen molar-refractivity contribution in [2.24, 2.45) is 0 Å². The van der Waals surface area contributed by atoms with E-state index in [-0.39, 0.29) is 5.78 Å². The molecule has 0 unspecified atom stereocenters. The van der Waals surface area contributed by atoms with Crippen molar-refractivity contribution < 1.29 is 23.1 Å². The first-order chi connectivity index (χ1) is 13.1. The summed E-state index contributed by atoms with van der Waals surface area (Å²) in [5.74, 6) is -1.76. The van der Waals surface area contributed by atoms with Crippen molar-refractivity contribution in [3.8, 4) is 5.69 Å². The third kappa shape index (κ3) is 2.48. The van der Waals surface area contributed by atoms with E-state index in [1.807, 2.05) is 32.9 Å². The number of benzene rings is 2. The molecule has 0 spiro atoms. The van der Waals surface area contributed by atoms with Crippen LogP contribution in [-0.4, -0.2) is 25.0 Å². The van der Waals surface area contributed by atoms with Gasteiger partial charge in [-0.25, -0.2) is 9.78 Å². The van der Waals surface area contributed by atoms with Crippen LogP contribution < -0.4 is 0 Å². The smallest absolute Gasteiger partial charge is 0.435 e. The molecule has 0 radical (unpaired) electrons. The van der Waals surface area contributed by atoms with Crippen LogP contribution in [0.5, 0.6) is 0 Å². The molecule has 1 N–H and O–H groups in total. The van der Waals surface area contributed by atoms with Gasteiger partial charge in [0.1, 0.15) is 0 Å². The molecule has 8 heteroatoms. The summed E-state index contributed by atoms with van der Waals surface area (Å²) in [7, 11) is 0. The number of rotatable bonds is 2. The fraction of sp³-hybridized carbons (Fsp3) is 0.200. The van der Waals surface area contributed by atoms with Crippen LogP contribution in [-0.2, 0) is 6.18 Å². The van der Waals surface area contributed by atoms with Gasteiger partial charge in [0.05, 0.1) is 16.7 Å². The lowest BCUT2D eigenvalue weighted by Crippen LogP contribution is -2.14. The number of imidazole rings is 2. The fourth-order valence-electron chi connectivity index (χ4n) is 3.88. The molecule has 0 aliphatic carbocycles. The normalized spacial score (nSPS) is 12.2. The first-order valence-corrected chi connectivity index (χ1v) is 8.52. The summed E-state index contributed by atoms with van der Waals surface area (Å²) in [6, 6.07) is 10.6. The monoisotopic (exact) mass is 387 g/mol. The van der Waals surface area contributed by atoms with Gasteiger partial charge in [-0.3, -0.25) is 8.97 Å². The van der Waals surface area contributed by atoms with Crippen molar-refractivity contribution in [2.45, 2.75) is 26.9 Å². The number of hydrogen-bond acceptors (Lipinski definition) is 2. The average Bonchev–Trinajstić information content (AvgIpc) is 3.10. The zero-order valence-electron chi connectivity index (χ0n) is 15.3. The highest BCUT2D eigenvalue weighted by Gasteiger charge is 2.41. The summed E-state index contributed by atoms with van der Waals surface area (Å²) in [5, 5.41) is 9.53. The zero-order valence-corrected chi connectivity index (χ0v) is 15.3. The molecular formula is C20H16F3N3O2. The standard InChI is InChI=1S/C20H16F3N3O2/c1-10-8-11(2)15(12(3)9-10)25-13-6-4-5-7-14(13)26-16(18(27)28)17(20(21,22)23)24-19(25)26/h4-9H,1-3H3,(H,27,28). The lowest BCUT2D eigenvalue weighted by molar-refractivity contribution is -0.141. The Labute approximate surface area is 157 Å². The van der Waals surface area contributed by atoms with Crippen LogP contribution in [0, 0.1) is 20.8 Å². The summed E-state index contributed by atoms with van der Waals surface area (Å²) in [6.07, 6.45) is -4.89. The van der Waals surface area contributed by atoms with Crippen molar-refractivity contribution in [3.05, 3.63) is 64.5 Å². The molecule has 2 aromatic carbocycles. The molecule has 0 amide bonds. The summed E-state index contributed by atoms with van der Waals surface area (Å²) in [6.45, 7) is 5.67. The topological polar surface area (TPSA) is 59.5 Å². The van der Waals surface area contributed by atoms with E-state index < -0.39 is 23.5 Å². The summed E-state index contributed by atoms with van der Waals surface area (Å²) < 4.78 is 43.2. The highest BCUT2D eigenvalue weighted by atomic mass is 19.4. The average molecular weight is 387 g/mol. The third-order valence-electron chi connectivity index (χ3n) is 4.75. The molecule has 0 atom stereocenters. The van der Waals surface area contributed by atoms with Gasteiger partial charge in [-0.1, -0.05) is 29.8 Å². The lowest BCUT2D eigenvalue weighted by Gasteiger charge is -2.13. The van der Waals surface area contributed by atoms with E-state index in [1.54, 1.807) is 28.8 Å². The Morgan fingerprint density at radius 2 is 1.61 bits per heavy atom. The van der Waals surface area contributed by atoms with Crippen LogP contribution >= 0.6 is 0 Å². The molecule has 0 aliphatic rings. The van der Waals surface area contributed by atoms with Crippen molar-refractivity contribution in [1.29, 1.82) is 0 Å². The Bertz CT molecular complexity index is 1240. The van der Waals surface area contributed by atoms with Crippen molar-refractivity contribution in [2.75, 3.05) is 0 Å². The second-order valence-corrected chi connectivity index (χ2v) is 6.82. The maximum Gasteiger partial charge on any atom is 0.435 e. The van der Waals surface area contributed by atoms with Crippen LogP contribution in [0.25, 0.3) is 22.5 Å². The molecule has 4 rings (SSSR count). The van der Waals surface area contributed by atoms with Crippen LogP contribution in [0.15, 0.2) is 36.4 Å². The second-order valence-electron chi connectivity index (χ2n) is 6.82. The van der Waals surface area contributed by atoms with Gasteiger partial charge in [0.15, 0.2) is 11.4 Å². The molecule has 0 bridgehead atoms. The fourth-order valence-corrected chi connectivity index (χ4v) is 3.88. The van der Waals surface area contributed by atoms with E-state index in [9.17, 15) is 23.1 Å². The van der Waals surface area contributed by atoms with Crippen molar-refractivity contribution in [1.82, 2.24) is 14.0 Å². The van der Waals surface area contributed by atoms with Crippen LogP contribution in [0.2, 0.25) is 0 Å². The highest BCUT2D eigenvalue weighted by Crippen LogP contribution is 2.36. The number of alkyl halides is 3. The number of nitrogens with zero attached hydrogens (tertiary/aromatic N) is 3. The minimum absolute atomic E-state index is 0.0824. The van der Waals surface area contributed by atoms with E-state index >= 15 is 0 Å². The van der Waals surface area contributed by atoms with E-state index in [0.29, 0.717) is 16.7 Å². The maximum atomic E-state index is 13.5. The Morgan fingerprint density at radius 3 is 2.14 bits per heavy atom. The molecule has 5 nitrogen and oxygen atoms in total. The van der Waals surface area contributed by atoms with E-state index in [0.717, 1.165) is 21.1 Å². The molecule has 28 heavy (non-hydrogen) atoms. The number of hydrogen-bond donors (Lipinski definition) is 1. The van der Waals surface area contributed by atoms with Gasteiger partial charge in [0.2, 0.25) is 5.78 Å². The van der Waals surface area contributed by atoms with Gasteiger partial charge < -0.3 is 5.11 Å². The van der Waals surface area contributed by atoms with Crippen molar-refractivity contribution >= 4 is 22.8 Å². The number of fused-ring (bicyclic) bond motifs is 3. The quantitative estimate of drug-likeness (QED) is 0.531. The van der Waals surface area contributed by atoms with Crippen LogP contribution in [0.4, 0.5) is 13.2 Å². The Kier molecular flexibility index (Phi) is 3.78. The minimum atomic E-state index is -4.89. The van der Waals surface area contributed by atoms with Gasteiger partial charge in [-0.15, -0.1) is 0 Å². The number of carbonyl (C=O) groups is 1. The first kappa shape index (κ1) is 18.1. The number of aromatic nitrogens is 3. The van der Waals surface area contributed by atoms with Gasteiger partial charge in [-0.05, 0) is 44.0 Å². The first-order valence-electron chi connectivity index (χ1n) is 8.52. The van der Waals surface area contributed by atoms with E-state index in [4.69, 9.17) is 0 Å². The molecule has 2 aromatic heterocycles. The molecule has 0 saturated heterocycles. The molecule has 0 aliphatic heterocycles. The van der Waals surface area contributed by atoms with E-state index in [2.05, 4.69) is 4.98 Å². The zero-order chi connectivity index (χ0) is 20.4. The SMILES string of the molecule is Cc1cc(C)c(-n2c3ccccc3n3c(C(=O)O)c(C(F)(F)F)nc23)c(C)c1. The predicted molar refractivity (Wildman–Crippen MR) is 98.2 cm³/mol.